The number of aryl methyl sites for hydroxylation is 1. The topological polar surface area (TPSA) is 144 Å². The van der Waals surface area contributed by atoms with Gasteiger partial charge < -0.3 is 19.5 Å². The fourth-order valence-corrected chi connectivity index (χ4v) is 5.74. The number of nitrogens with zero attached hydrogens (tertiary/aromatic N) is 3. The molecule has 0 unspecified atom stereocenters. The minimum absolute atomic E-state index is 0.125. The molecular formula is C34H43FN6O6. The molecule has 3 N–H and O–H groups in total. The van der Waals surface area contributed by atoms with Crippen molar-refractivity contribution in [2.24, 2.45) is 0 Å². The summed E-state index contributed by atoms with van der Waals surface area (Å²) in [5.74, 6) is -0.547. The molecule has 1 fully saturated rings. The Morgan fingerprint density at radius 2 is 1.64 bits per heavy atom. The Morgan fingerprint density at radius 3 is 2.32 bits per heavy atom. The van der Waals surface area contributed by atoms with E-state index in [-0.39, 0.29) is 28.6 Å². The number of pyridine rings is 2. The predicted octanol–water partition coefficient (Wildman–Crippen LogP) is 7.08. The molecule has 2 aliphatic heterocycles. The number of nitrogens with one attached hydrogen (secondary N) is 3. The van der Waals surface area contributed by atoms with Gasteiger partial charge in [-0.2, -0.15) is 0 Å². The Morgan fingerprint density at radius 1 is 0.936 bits per heavy atom. The van der Waals surface area contributed by atoms with E-state index < -0.39 is 35.3 Å². The minimum atomic E-state index is -0.848. The summed E-state index contributed by atoms with van der Waals surface area (Å²) in [4.78, 5) is 49.3. The Kier molecular flexibility index (Phi) is 9.58. The number of fused-ring (bicyclic) bond motifs is 2. The van der Waals surface area contributed by atoms with E-state index >= 15 is 4.39 Å². The number of halogens is 1. The lowest BCUT2D eigenvalue weighted by Gasteiger charge is -2.33. The summed E-state index contributed by atoms with van der Waals surface area (Å²) in [6, 6.07) is 3.18. The van der Waals surface area contributed by atoms with Crippen LogP contribution in [0.5, 0.6) is 0 Å². The predicted molar refractivity (Wildman–Crippen MR) is 177 cm³/mol. The van der Waals surface area contributed by atoms with Crippen molar-refractivity contribution in [1.29, 1.82) is 0 Å². The summed E-state index contributed by atoms with van der Waals surface area (Å²) in [7, 11) is 0. The van der Waals surface area contributed by atoms with Gasteiger partial charge >= 0.3 is 18.3 Å². The summed E-state index contributed by atoms with van der Waals surface area (Å²) < 4.78 is 33.3. The van der Waals surface area contributed by atoms with Gasteiger partial charge in [-0.15, -0.1) is 0 Å². The van der Waals surface area contributed by atoms with Crippen LogP contribution in [0.1, 0.15) is 72.1 Å². The Labute approximate surface area is 273 Å². The van der Waals surface area contributed by atoms with Crippen molar-refractivity contribution in [2.75, 3.05) is 35.2 Å². The van der Waals surface area contributed by atoms with Crippen molar-refractivity contribution in [3.05, 3.63) is 41.6 Å². The average Bonchev–Trinajstić information content (AvgIpc) is 2.97. The first-order valence-electron chi connectivity index (χ1n) is 15.9. The van der Waals surface area contributed by atoms with Gasteiger partial charge in [0.25, 0.3) is 0 Å². The number of rotatable bonds is 4. The summed E-state index contributed by atoms with van der Waals surface area (Å²) in [5, 5.41) is 9.22. The van der Waals surface area contributed by atoms with Crippen LogP contribution in [0.2, 0.25) is 0 Å². The maximum atomic E-state index is 16.6. The number of amides is 3. The fourth-order valence-electron chi connectivity index (χ4n) is 5.74. The molecule has 0 bridgehead atoms. The number of anilines is 3. The zero-order valence-corrected chi connectivity index (χ0v) is 28.0. The fraction of sp³-hybridized carbons (Fsp3) is 0.500. The molecule has 2 aromatic heterocycles. The summed E-state index contributed by atoms with van der Waals surface area (Å²) in [5.41, 5.74) is 0.760. The van der Waals surface area contributed by atoms with Crippen LogP contribution in [0.3, 0.4) is 0 Å². The molecule has 0 spiro atoms. The van der Waals surface area contributed by atoms with Crippen molar-refractivity contribution < 1.29 is 33.0 Å². The average molecular weight is 651 g/mol. The van der Waals surface area contributed by atoms with E-state index in [2.05, 4.69) is 25.9 Å². The van der Waals surface area contributed by atoms with E-state index in [1.165, 1.54) is 6.20 Å². The zero-order chi connectivity index (χ0) is 34.1. The van der Waals surface area contributed by atoms with Crippen LogP contribution in [0.25, 0.3) is 21.9 Å². The highest BCUT2D eigenvalue weighted by Gasteiger charge is 2.31. The number of carbonyl (C=O) groups is 3. The highest BCUT2D eigenvalue weighted by molar-refractivity contribution is 6.04. The quantitative estimate of drug-likeness (QED) is 0.252. The van der Waals surface area contributed by atoms with Gasteiger partial charge in [0.1, 0.15) is 23.1 Å². The standard InChI is InChI=1S/C34H43FN6O6/c1-19-23(17-37-25-9-8-14-41(29(19)25)32(44)47-34(5,6)7)22-15-20-16-26(39-30(42)45-21-10-12-36-13-11-21)38-18-24(20)28(27(22)35)40-31(43)46-33(2,3)4/h15-18,21,36H,8-14H2,1-7H3,(H,40,43)(H,38,39,42). The van der Waals surface area contributed by atoms with Crippen LogP contribution < -0.4 is 20.9 Å². The molecule has 12 nitrogen and oxygen atoms in total. The van der Waals surface area contributed by atoms with Gasteiger partial charge in [-0.05, 0) is 110 Å². The first-order valence-corrected chi connectivity index (χ1v) is 15.9. The molecule has 1 saturated heterocycles. The summed E-state index contributed by atoms with van der Waals surface area (Å²) in [6.07, 6.45) is 3.51. The Balaban J connectivity index is 1.58. The monoisotopic (exact) mass is 650 g/mol. The highest BCUT2D eigenvalue weighted by Crippen LogP contribution is 2.41. The van der Waals surface area contributed by atoms with Gasteiger partial charge in [0.2, 0.25) is 0 Å². The smallest absolute Gasteiger partial charge is 0.414 e. The first-order chi connectivity index (χ1) is 22.1. The largest absolute Gasteiger partial charge is 0.446 e. The molecule has 252 valence electrons. The molecule has 47 heavy (non-hydrogen) atoms. The van der Waals surface area contributed by atoms with Crippen molar-refractivity contribution in [1.82, 2.24) is 15.3 Å². The molecule has 0 aliphatic carbocycles. The zero-order valence-electron chi connectivity index (χ0n) is 28.0. The number of hydrogen-bond acceptors (Lipinski definition) is 9. The van der Waals surface area contributed by atoms with Gasteiger partial charge in [-0.3, -0.25) is 20.5 Å². The molecule has 3 aromatic rings. The third kappa shape index (κ3) is 8.07. The van der Waals surface area contributed by atoms with E-state index in [0.717, 1.165) is 13.1 Å². The lowest BCUT2D eigenvalue weighted by Crippen LogP contribution is -2.40. The van der Waals surface area contributed by atoms with Crippen LogP contribution in [0.4, 0.5) is 36.0 Å². The summed E-state index contributed by atoms with van der Waals surface area (Å²) >= 11 is 0. The number of benzene rings is 1. The molecule has 0 radical (unpaired) electrons. The number of carbonyl (C=O) groups excluding carboxylic acids is 3. The third-order valence-electron chi connectivity index (χ3n) is 7.73. The van der Waals surface area contributed by atoms with E-state index in [0.29, 0.717) is 60.1 Å². The second-order valence-corrected chi connectivity index (χ2v) is 13.8. The molecule has 13 heteroatoms. The van der Waals surface area contributed by atoms with E-state index in [9.17, 15) is 14.4 Å². The summed E-state index contributed by atoms with van der Waals surface area (Å²) in [6.45, 7) is 14.3. The van der Waals surface area contributed by atoms with Crippen LogP contribution in [-0.2, 0) is 20.6 Å². The molecule has 4 heterocycles. The molecule has 3 amide bonds. The lowest BCUT2D eigenvalue weighted by molar-refractivity contribution is 0.0575. The normalized spacial score (nSPS) is 15.5. The van der Waals surface area contributed by atoms with Crippen LogP contribution in [-0.4, -0.2) is 65.2 Å². The van der Waals surface area contributed by atoms with E-state index in [1.807, 2.05) is 0 Å². The van der Waals surface area contributed by atoms with Gasteiger partial charge in [0.05, 0.1) is 17.1 Å². The molecule has 0 atom stereocenters. The van der Waals surface area contributed by atoms with Crippen LogP contribution >= 0.6 is 0 Å². The van der Waals surface area contributed by atoms with Gasteiger partial charge in [0.15, 0.2) is 5.82 Å². The Hall–Kier alpha value is -4.52. The van der Waals surface area contributed by atoms with Crippen LogP contribution in [0, 0.1) is 12.7 Å². The minimum Gasteiger partial charge on any atom is -0.446 e. The van der Waals surface area contributed by atoms with Crippen molar-refractivity contribution >= 4 is 46.2 Å². The molecule has 5 rings (SSSR count). The number of piperidine rings is 1. The van der Waals surface area contributed by atoms with Gasteiger partial charge in [-0.25, -0.2) is 23.8 Å². The lowest BCUT2D eigenvalue weighted by atomic mass is 9.94. The number of aromatic nitrogens is 2. The highest BCUT2D eigenvalue weighted by atomic mass is 19.1. The van der Waals surface area contributed by atoms with Gasteiger partial charge in [-0.1, -0.05) is 0 Å². The second kappa shape index (κ2) is 13.3. The first kappa shape index (κ1) is 33.8. The van der Waals surface area contributed by atoms with Crippen molar-refractivity contribution in [2.45, 2.75) is 91.5 Å². The van der Waals surface area contributed by atoms with Crippen molar-refractivity contribution in [3.63, 3.8) is 0 Å². The van der Waals surface area contributed by atoms with E-state index in [1.54, 1.807) is 71.7 Å². The third-order valence-corrected chi connectivity index (χ3v) is 7.73. The molecule has 2 aliphatic rings. The molecular weight excluding hydrogens is 607 g/mol. The maximum Gasteiger partial charge on any atom is 0.414 e. The maximum absolute atomic E-state index is 16.6. The SMILES string of the molecule is Cc1c(-c2cc3cc(NC(=O)OC4CCNCC4)ncc3c(NC(=O)OC(C)(C)C)c2F)cnc2c1N(C(=O)OC(C)(C)C)CCC2. The van der Waals surface area contributed by atoms with Crippen molar-refractivity contribution in [3.8, 4) is 11.1 Å². The van der Waals surface area contributed by atoms with E-state index in [4.69, 9.17) is 14.2 Å². The number of ether oxygens (including phenoxy) is 3. The van der Waals surface area contributed by atoms with Crippen LogP contribution in [0.15, 0.2) is 24.5 Å². The molecule has 1 aromatic carbocycles. The second-order valence-electron chi connectivity index (χ2n) is 13.8. The molecule has 0 saturated carbocycles. The Bertz CT molecular complexity index is 1690. The van der Waals surface area contributed by atoms with Gasteiger partial charge in [0, 0.05) is 35.5 Å². The number of hydrogen-bond donors (Lipinski definition) is 3.